The Morgan fingerprint density at radius 3 is 2.38 bits per heavy atom. The molecule has 21 heavy (non-hydrogen) atoms. The Labute approximate surface area is 133 Å². The average molecular weight is 352 g/mol. The highest BCUT2D eigenvalue weighted by Gasteiger charge is 2.20. The number of hydrogen-bond acceptors (Lipinski definition) is 2. The maximum Gasteiger partial charge on any atom is 0.153 e. The van der Waals surface area contributed by atoms with Crippen molar-refractivity contribution in [2.24, 2.45) is 0 Å². The molecular formula is C17H19BrFNO. The lowest BCUT2D eigenvalue weighted by molar-refractivity contribution is 0.452. The van der Waals surface area contributed by atoms with Gasteiger partial charge in [-0.2, -0.15) is 0 Å². The van der Waals surface area contributed by atoms with E-state index in [2.05, 4.69) is 36.7 Å². The van der Waals surface area contributed by atoms with Gasteiger partial charge in [0.15, 0.2) is 5.75 Å². The average Bonchev–Trinajstić information content (AvgIpc) is 2.34. The molecule has 0 saturated heterocycles. The number of aryl methyl sites for hydroxylation is 1. The second-order valence-corrected chi connectivity index (χ2v) is 7.01. The molecule has 0 amide bonds. The van der Waals surface area contributed by atoms with E-state index in [0.717, 1.165) is 11.1 Å². The van der Waals surface area contributed by atoms with Crippen LogP contribution in [-0.2, 0) is 5.41 Å². The van der Waals surface area contributed by atoms with Gasteiger partial charge >= 0.3 is 0 Å². The Balaban J connectivity index is 2.49. The zero-order chi connectivity index (χ0) is 15.8. The van der Waals surface area contributed by atoms with Crippen molar-refractivity contribution < 1.29 is 9.13 Å². The number of anilines is 1. The van der Waals surface area contributed by atoms with Gasteiger partial charge in [-0.1, -0.05) is 32.9 Å². The fourth-order valence-corrected chi connectivity index (χ4v) is 2.45. The van der Waals surface area contributed by atoms with Crippen LogP contribution in [0.25, 0.3) is 0 Å². The topological polar surface area (TPSA) is 35.2 Å². The first-order valence-corrected chi connectivity index (χ1v) is 7.51. The molecule has 0 radical (unpaired) electrons. The summed E-state index contributed by atoms with van der Waals surface area (Å²) in [5.41, 5.74) is 8.36. The van der Waals surface area contributed by atoms with Gasteiger partial charge in [0.25, 0.3) is 0 Å². The summed E-state index contributed by atoms with van der Waals surface area (Å²) in [6.07, 6.45) is 0. The lowest BCUT2D eigenvalue weighted by atomic mass is 9.86. The maximum absolute atomic E-state index is 13.7. The van der Waals surface area contributed by atoms with Crippen molar-refractivity contribution in [3.8, 4) is 11.5 Å². The summed E-state index contributed by atoms with van der Waals surface area (Å²) in [4.78, 5) is 0. The Morgan fingerprint density at radius 1 is 1.10 bits per heavy atom. The van der Waals surface area contributed by atoms with E-state index in [0.29, 0.717) is 21.7 Å². The number of nitrogen functional groups attached to an aromatic ring is 1. The van der Waals surface area contributed by atoms with Crippen molar-refractivity contribution in [3.05, 3.63) is 51.7 Å². The monoisotopic (exact) mass is 351 g/mol. The van der Waals surface area contributed by atoms with Crippen molar-refractivity contribution in [2.45, 2.75) is 33.1 Å². The molecule has 0 aromatic heterocycles. The summed E-state index contributed by atoms with van der Waals surface area (Å²) in [7, 11) is 0. The van der Waals surface area contributed by atoms with Crippen LogP contribution in [0.3, 0.4) is 0 Å². The molecule has 2 nitrogen and oxygen atoms in total. The molecule has 0 aliphatic heterocycles. The van der Waals surface area contributed by atoms with Gasteiger partial charge in [0.05, 0.1) is 10.2 Å². The fourth-order valence-electron chi connectivity index (χ4n) is 2.08. The van der Waals surface area contributed by atoms with Crippen molar-refractivity contribution in [3.63, 3.8) is 0 Å². The Bertz CT molecular complexity index is 677. The highest BCUT2D eigenvalue weighted by molar-refractivity contribution is 9.10. The fraction of sp³-hybridized carbons (Fsp3) is 0.294. The Hall–Kier alpha value is -1.55. The van der Waals surface area contributed by atoms with Crippen LogP contribution >= 0.6 is 15.9 Å². The van der Waals surface area contributed by atoms with Crippen LogP contribution in [0.4, 0.5) is 10.1 Å². The minimum Gasteiger partial charge on any atom is -0.455 e. The predicted molar refractivity (Wildman–Crippen MR) is 88.5 cm³/mol. The maximum atomic E-state index is 13.7. The van der Waals surface area contributed by atoms with Crippen LogP contribution < -0.4 is 10.5 Å². The third kappa shape index (κ3) is 3.56. The normalized spacial score (nSPS) is 11.5. The Kier molecular flexibility index (Phi) is 4.28. The standard InChI is InChI=1S/C17H19BrFNO/c1-10-5-6-11(17(2,3)4)15(7-10)21-16-9-13(19)12(18)8-14(16)20/h5-9H,20H2,1-4H3. The van der Waals surface area contributed by atoms with Gasteiger partial charge in [0.2, 0.25) is 0 Å². The summed E-state index contributed by atoms with van der Waals surface area (Å²) in [5.74, 6) is 0.631. The van der Waals surface area contributed by atoms with Gasteiger partial charge in [-0.15, -0.1) is 0 Å². The van der Waals surface area contributed by atoms with Crippen LogP contribution in [0.2, 0.25) is 0 Å². The molecule has 0 atom stereocenters. The molecule has 0 heterocycles. The minimum atomic E-state index is -0.399. The Morgan fingerprint density at radius 2 is 1.76 bits per heavy atom. The van der Waals surface area contributed by atoms with Crippen molar-refractivity contribution in [1.82, 2.24) is 0 Å². The van der Waals surface area contributed by atoms with Gasteiger partial charge in [-0.25, -0.2) is 4.39 Å². The number of benzene rings is 2. The minimum absolute atomic E-state index is 0.0777. The van der Waals surface area contributed by atoms with E-state index < -0.39 is 5.82 Å². The highest BCUT2D eigenvalue weighted by Crippen LogP contribution is 2.38. The van der Waals surface area contributed by atoms with Crippen LogP contribution in [0.15, 0.2) is 34.8 Å². The zero-order valence-electron chi connectivity index (χ0n) is 12.6. The van der Waals surface area contributed by atoms with E-state index in [9.17, 15) is 4.39 Å². The first-order valence-electron chi connectivity index (χ1n) is 6.72. The smallest absolute Gasteiger partial charge is 0.153 e. The van der Waals surface area contributed by atoms with Gasteiger partial charge in [-0.3, -0.25) is 0 Å². The molecule has 0 unspecified atom stereocenters. The summed E-state index contributed by atoms with van der Waals surface area (Å²) < 4.78 is 19.9. The van der Waals surface area contributed by atoms with E-state index in [-0.39, 0.29) is 5.41 Å². The summed E-state index contributed by atoms with van der Waals surface area (Å²) in [6.45, 7) is 8.31. The molecule has 0 aliphatic rings. The molecule has 2 aromatic rings. The van der Waals surface area contributed by atoms with Crippen molar-refractivity contribution in [1.29, 1.82) is 0 Å². The van der Waals surface area contributed by atoms with Crippen molar-refractivity contribution in [2.75, 3.05) is 5.73 Å². The summed E-state index contributed by atoms with van der Waals surface area (Å²) >= 11 is 3.11. The first kappa shape index (κ1) is 15.8. The quantitative estimate of drug-likeness (QED) is 0.718. The van der Waals surface area contributed by atoms with Crippen LogP contribution in [0.1, 0.15) is 31.9 Å². The molecule has 0 fully saturated rings. The van der Waals surface area contributed by atoms with E-state index >= 15 is 0 Å². The second kappa shape index (κ2) is 5.68. The van der Waals surface area contributed by atoms with Gasteiger partial charge in [0.1, 0.15) is 11.6 Å². The molecule has 0 bridgehead atoms. The molecule has 0 spiro atoms. The van der Waals surface area contributed by atoms with E-state index in [4.69, 9.17) is 10.5 Å². The molecule has 2 N–H and O–H groups in total. The van der Waals surface area contributed by atoms with Gasteiger partial charge in [0, 0.05) is 11.6 Å². The third-order valence-corrected chi connectivity index (χ3v) is 3.83. The number of halogens is 2. The number of rotatable bonds is 2. The van der Waals surface area contributed by atoms with E-state index in [1.165, 1.54) is 12.1 Å². The number of hydrogen-bond donors (Lipinski definition) is 1. The van der Waals surface area contributed by atoms with Crippen LogP contribution in [0, 0.1) is 12.7 Å². The molecule has 0 aliphatic carbocycles. The highest BCUT2D eigenvalue weighted by atomic mass is 79.9. The van der Waals surface area contributed by atoms with E-state index in [1.54, 1.807) is 0 Å². The lowest BCUT2D eigenvalue weighted by Crippen LogP contribution is -2.12. The third-order valence-electron chi connectivity index (χ3n) is 3.22. The molecule has 112 valence electrons. The molecule has 2 rings (SSSR count). The van der Waals surface area contributed by atoms with Crippen molar-refractivity contribution >= 4 is 21.6 Å². The second-order valence-electron chi connectivity index (χ2n) is 6.16. The number of ether oxygens (including phenoxy) is 1. The number of nitrogens with two attached hydrogens (primary N) is 1. The van der Waals surface area contributed by atoms with Gasteiger partial charge in [-0.05, 0) is 46.0 Å². The summed E-state index contributed by atoms with van der Waals surface area (Å²) in [5, 5.41) is 0. The predicted octanol–water partition coefficient (Wildman–Crippen LogP) is 5.57. The largest absolute Gasteiger partial charge is 0.455 e. The molecule has 2 aromatic carbocycles. The lowest BCUT2D eigenvalue weighted by Gasteiger charge is -2.23. The summed E-state index contributed by atoms with van der Waals surface area (Å²) in [6, 6.07) is 8.83. The first-order chi connectivity index (χ1) is 9.68. The van der Waals surface area contributed by atoms with E-state index in [1.807, 2.05) is 25.1 Å². The molecule has 4 heteroatoms. The van der Waals surface area contributed by atoms with Gasteiger partial charge < -0.3 is 10.5 Å². The van der Waals surface area contributed by atoms with Crippen LogP contribution in [0.5, 0.6) is 11.5 Å². The molecule has 0 saturated carbocycles. The zero-order valence-corrected chi connectivity index (χ0v) is 14.2. The SMILES string of the molecule is Cc1ccc(C(C)(C)C)c(Oc2cc(F)c(Br)cc2N)c1. The van der Waals surface area contributed by atoms with Crippen LogP contribution in [-0.4, -0.2) is 0 Å². The molecular weight excluding hydrogens is 333 g/mol.